The van der Waals surface area contributed by atoms with E-state index in [4.69, 9.17) is 0 Å². The molecule has 1 amide bonds. The number of benzene rings is 1. The van der Waals surface area contributed by atoms with Crippen molar-refractivity contribution in [2.24, 2.45) is 12.1 Å². The summed E-state index contributed by atoms with van der Waals surface area (Å²) < 4.78 is 2.19. The van der Waals surface area contributed by atoms with Gasteiger partial charge in [-0.05, 0) is 33.6 Å². The van der Waals surface area contributed by atoms with Gasteiger partial charge in [-0.1, -0.05) is 12.1 Å². The minimum Gasteiger partial charge on any atom is -0.378 e. The number of amides is 1. The fourth-order valence-corrected chi connectivity index (χ4v) is 2.25. The van der Waals surface area contributed by atoms with Gasteiger partial charge in [0.1, 0.15) is 0 Å². The Bertz CT molecular complexity index is 661. The van der Waals surface area contributed by atoms with E-state index >= 15 is 0 Å². The summed E-state index contributed by atoms with van der Waals surface area (Å²) in [5.41, 5.74) is 4.77. The van der Waals surface area contributed by atoms with E-state index < -0.39 is 0 Å². The van der Waals surface area contributed by atoms with Gasteiger partial charge in [-0.3, -0.25) is 9.48 Å². The Labute approximate surface area is 131 Å². The van der Waals surface area contributed by atoms with E-state index in [1.807, 2.05) is 43.3 Å². The largest absolute Gasteiger partial charge is 0.378 e. The highest BCUT2D eigenvalue weighted by Gasteiger charge is 2.13. The quantitative estimate of drug-likeness (QED) is 0.678. The van der Waals surface area contributed by atoms with Gasteiger partial charge >= 0.3 is 0 Å². The molecule has 0 aliphatic carbocycles. The molecule has 0 spiro atoms. The van der Waals surface area contributed by atoms with Gasteiger partial charge in [0.05, 0.1) is 10.7 Å². The average Bonchev–Trinajstić information content (AvgIpc) is 2.78. The Balaban J connectivity index is 1.99. The molecule has 0 aliphatic heterocycles. The molecule has 1 N–H and O–H groups in total. The van der Waals surface area contributed by atoms with Crippen LogP contribution in [0.1, 0.15) is 16.1 Å². The van der Waals surface area contributed by atoms with Gasteiger partial charge in [0.25, 0.3) is 5.91 Å². The predicted molar refractivity (Wildman–Crippen MR) is 86.7 cm³/mol. The number of hydrogen-bond acceptors (Lipinski definition) is 4. The van der Waals surface area contributed by atoms with Crippen molar-refractivity contribution in [3.8, 4) is 0 Å². The van der Waals surface area contributed by atoms with E-state index in [1.165, 1.54) is 0 Å². The molecule has 0 aliphatic rings. The van der Waals surface area contributed by atoms with Gasteiger partial charge in [-0.2, -0.15) is 10.2 Å². The highest BCUT2D eigenvalue weighted by Crippen LogP contribution is 2.14. The van der Waals surface area contributed by atoms with Crippen LogP contribution >= 0.6 is 15.9 Å². The number of carbonyl (C=O) groups is 1. The molecule has 0 saturated heterocycles. The van der Waals surface area contributed by atoms with E-state index in [0.717, 1.165) is 11.3 Å². The van der Waals surface area contributed by atoms with E-state index in [2.05, 4.69) is 31.6 Å². The maximum atomic E-state index is 11.9. The lowest BCUT2D eigenvalue weighted by molar-refractivity contribution is 0.0948. The second-order valence-corrected chi connectivity index (χ2v) is 5.54. The van der Waals surface area contributed by atoms with Crippen LogP contribution in [0.2, 0.25) is 0 Å². The molecule has 110 valence electrons. The summed E-state index contributed by atoms with van der Waals surface area (Å²) in [6.45, 7) is 0. The molecule has 1 heterocycles. The second-order valence-electron chi connectivity index (χ2n) is 4.68. The van der Waals surface area contributed by atoms with Crippen molar-refractivity contribution >= 4 is 33.7 Å². The topological polar surface area (TPSA) is 62.5 Å². The van der Waals surface area contributed by atoms with Crippen molar-refractivity contribution in [3.63, 3.8) is 0 Å². The zero-order valence-corrected chi connectivity index (χ0v) is 13.6. The van der Waals surface area contributed by atoms with Crippen LogP contribution in [0.5, 0.6) is 0 Å². The second kappa shape index (κ2) is 6.53. The lowest BCUT2D eigenvalue weighted by Crippen LogP contribution is -2.19. The van der Waals surface area contributed by atoms with Gasteiger partial charge in [-0.15, -0.1) is 0 Å². The van der Waals surface area contributed by atoms with Gasteiger partial charge < -0.3 is 4.90 Å². The zero-order chi connectivity index (χ0) is 15.4. The number of nitrogens with zero attached hydrogens (tertiary/aromatic N) is 4. The van der Waals surface area contributed by atoms with Gasteiger partial charge in [-0.25, -0.2) is 5.43 Å². The molecule has 0 saturated carbocycles. The Morgan fingerprint density at radius 2 is 2.05 bits per heavy atom. The van der Waals surface area contributed by atoms with Crippen LogP contribution in [0.4, 0.5) is 5.69 Å². The van der Waals surface area contributed by atoms with Crippen LogP contribution in [-0.4, -0.2) is 36.0 Å². The first-order valence-electron chi connectivity index (χ1n) is 6.27. The van der Waals surface area contributed by atoms with E-state index in [0.29, 0.717) is 10.2 Å². The Kier molecular flexibility index (Phi) is 4.74. The molecule has 6 nitrogen and oxygen atoms in total. The number of hydrogen-bond donors (Lipinski definition) is 1. The highest BCUT2D eigenvalue weighted by atomic mass is 79.9. The number of rotatable bonds is 4. The summed E-state index contributed by atoms with van der Waals surface area (Å²) in [6.07, 6.45) is 3.30. The maximum Gasteiger partial charge on any atom is 0.293 e. The Morgan fingerprint density at radius 3 is 2.57 bits per heavy atom. The van der Waals surface area contributed by atoms with Crippen LogP contribution in [0, 0.1) is 0 Å². The number of aromatic nitrogens is 2. The van der Waals surface area contributed by atoms with Crippen LogP contribution in [0.15, 0.2) is 40.0 Å². The maximum absolute atomic E-state index is 11.9. The van der Waals surface area contributed by atoms with Crippen LogP contribution in [0.25, 0.3) is 0 Å². The predicted octanol–water partition coefficient (Wildman–Crippen LogP) is 2.01. The van der Waals surface area contributed by atoms with Gasteiger partial charge in [0.15, 0.2) is 5.69 Å². The van der Waals surface area contributed by atoms with Crippen LogP contribution in [0.3, 0.4) is 0 Å². The smallest absolute Gasteiger partial charge is 0.293 e. The molecule has 21 heavy (non-hydrogen) atoms. The molecule has 2 rings (SSSR count). The number of aryl methyl sites for hydroxylation is 1. The molecule has 0 atom stereocenters. The Hall–Kier alpha value is -2.15. The summed E-state index contributed by atoms with van der Waals surface area (Å²) in [4.78, 5) is 13.9. The summed E-state index contributed by atoms with van der Waals surface area (Å²) in [7, 11) is 5.71. The van der Waals surface area contributed by atoms with E-state index in [-0.39, 0.29) is 5.91 Å². The molecule has 0 unspecified atom stereocenters. The van der Waals surface area contributed by atoms with Crippen molar-refractivity contribution in [1.82, 2.24) is 15.2 Å². The normalized spacial score (nSPS) is 10.9. The van der Waals surface area contributed by atoms with Crippen LogP contribution < -0.4 is 10.3 Å². The first kappa shape index (κ1) is 15.2. The third-order valence-corrected chi connectivity index (χ3v) is 3.37. The molecular weight excluding hydrogens is 334 g/mol. The molecule has 2 aromatic rings. The first-order chi connectivity index (χ1) is 9.97. The fraction of sp³-hybridized carbons (Fsp3) is 0.214. The molecule has 1 aromatic heterocycles. The number of nitrogens with one attached hydrogen (secondary N) is 1. The van der Waals surface area contributed by atoms with Crippen molar-refractivity contribution in [3.05, 3.63) is 46.2 Å². The monoisotopic (exact) mass is 349 g/mol. The van der Waals surface area contributed by atoms with E-state index in [9.17, 15) is 4.79 Å². The molecule has 0 fully saturated rings. The molecule has 7 heteroatoms. The molecular formula is C14H16BrN5O. The van der Waals surface area contributed by atoms with Crippen molar-refractivity contribution in [2.75, 3.05) is 19.0 Å². The number of hydrazone groups is 1. The zero-order valence-electron chi connectivity index (χ0n) is 12.0. The highest BCUT2D eigenvalue weighted by molar-refractivity contribution is 9.10. The standard InChI is InChI=1S/C14H16BrN5O/c1-19(2)11-6-4-10(5-7-11)8-16-17-14(21)13-12(15)9-20(3)18-13/h4-9H,1-3H3,(H,17,21). The number of halogens is 1. The number of carbonyl (C=O) groups excluding carboxylic acids is 1. The number of anilines is 1. The lowest BCUT2D eigenvalue weighted by Gasteiger charge is -2.11. The SMILES string of the molecule is CN(C)c1ccc(C=NNC(=O)c2nn(C)cc2Br)cc1. The minimum atomic E-state index is -0.358. The summed E-state index contributed by atoms with van der Waals surface area (Å²) >= 11 is 3.28. The first-order valence-corrected chi connectivity index (χ1v) is 7.06. The van der Waals surface area contributed by atoms with Crippen molar-refractivity contribution in [2.45, 2.75) is 0 Å². The lowest BCUT2D eigenvalue weighted by atomic mass is 10.2. The molecule has 0 bridgehead atoms. The summed E-state index contributed by atoms with van der Waals surface area (Å²) in [5.74, 6) is -0.358. The fourth-order valence-electron chi connectivity index (χ4n) is 1.69. The third kappa shape index (κ3) is 3.91. The van der Waals surface area contributed by atoms with Crippen molar-refractivity contribution in [1.29, 1.82) is 0 Å². The minimum absolute atomic E-state index is 0.303. The van der Waals surface area contributed by atoms with Gasteiger partial charge in [0, 0.05) is 33.0 Å². The van der Waals surface area contributed by atoms with Gasteiger partial charge in [0.2, 0.25) is 0 Å². The van der Waals surface area contributed by atoms with Crippen LogP contribution in [-0.2, 0) is 7.05 Å². The summed E-state index contributed by atoms with van der Waals surface area (Å²) in [5, 5.41) is 7.98. The molecule has 1 aromatic carbocycles. The third-order valence-electron chi connectivity index (χ3n) is 2.79. The average molecular weight is 350 g/mol. The Morgan fingerprint density at radius 1 is 1.38 bits per heavy atom. The van der Waals surface area contributed by atoms with E-state index in [1.54, 1.807) is 24.1 Å². The van der Waals surface area contributed by atoms with Crippen molar-refractivity contribution < 1.29 is 4.79 Å². The summed E-state index contributed by atoms with van der Waals surface area (Å²) in [6, 6.07) is 7.83. The molecule has 0 radical (unpaired) electrons.